The van der Waals surface area contributed by atoms with Gasteiger partial charge in [0, 0.05) is 5.39 Å². The van der Waals surface area contributed by atoms with E-state index in [2.05, 4.69) is 5.10 Å². The molecular formula is C23H17IN2O4. The molecule has 2 aliphatic rings. The Bertz CT molecular complexity index is 1220. The van der Waals surface area contributed by atoms with Gasteiger partial charge in [0.1, 0.15) is 0 Å². The zero-order valence-electron chi connectivity index (χ0n) is 16.1. The third-order valence-electron chi connectivity index (χ3n) is 5.52. The summed E-state index contributed by atoms with van der Waals surface area (Å²) in [6, 6.07) is 10.9. The number of hydrogen-bond donors (Lipinski definition) is 1. The number of benzene rings is 3. The van der Waals surface area contributed by atoms with Gasteiger partial charge in [0.15, 0.2) is 11.5 Å². The Labute approximate surface area is 186 Å². The zero-order valence-corrected chi connectivity index (χ0v) is 18.3. The lowest BCUT2D eigenvalue weighted by Gasteiger charge is -2.23. The van der Waals surface area contributed by atoms with Crippen LogP contribution in [0.2, 0.25) is 0 Å². The van der Waals surface area contributed by atoms with Crippen molar-refractivity contribution in [2.24, 2.45) is 5.10 Å². The molecule has 6 nitrogen and oxygen atoms in total. The fourth-order valence-corrected chi connectivity index (χ4v) is 4.79. The van der Waals surface area contributed by atoms with Gasteiger partial charge in [0.25, 0.3) is 11.8 Å². The minimum atomic E-state index is -0.433. The van der Waals surface area contributed by atoms with Crippen LogP contribution in [0.5, 0.6) is 11.5 Å². The third-order valence-corrected chi connectivity index (χ3v) is 6.34. The van der Waals surface area contributed by atoms with Crippen molar-refractivity contribution >= 4 is 51.4 Å². The van der Waals surface area contributed by atoms with Gasteiger partial charge in [0.05, 0.1) is 27.5 Å². The molecule has 0 unspecified atom stereocenters. The molecule has 0 fully saturated rings. The number of imide groups is 1. The van der Waals surface area contributed by atoms with Crippen molar-refractivity contribution in [1.29, 1.82) is 0 Å². The summed E-state index contributed by atoms with van der Waals surface area (Å²) in [7, 11) is 0. The number of carbonyl (C=O) groups is 2. The molecule has 3 aromatic carbocycles. The lowest BCUT2D eigenvalue weighted by atomic mass is 9.92. The Kier molecular flexibility index (Phi) is 4.50. The molecule has 0 aromatic heterocycles. The van der Waals surface area contributed by atoms with Crippen LogP contribution < -0.4 is 4.74 Å². The maximum Gasteiger partial charge on any atom is 0.282 e. The quantitative estimate of drug-likeness (QED) is 0.322. The van der Waals surface area contributed by atoms with Gasteiger partial charge in [-0.3, -0.25) is 9.59 Å². The van der Waals surface area contributed by atoms with Crippen LogP contribution in [0, 0.1) is 3.57 Å². The Hall–Kier alpha value is -2.94. The molecule has 5 rings (SSSR count). The van der Waals surface area contributed by atoms with E-state index in [1.54, 1.807) is 24.3 Å². The van der Waals surface area contributed by atoms with Gasteiger partial charge in [-0.05, 0) is 88.7 Å². The lowest BCUT2D eigenvalue weighted by Crippen LogP contribution is -2.36. The van der Waals surface area contributed by atoms with Gasteiger partial charge in [-0.15, -0.1) is 0 Å². The number of halogens is 1. The summed E-state index contributed by atoms with van der Waals surface area (Å²) in [6.07, 6.45) is 3.30. The average Bonchev–Trinajstić information content (AvgIpc) is 3.16. The number of hydrogen-bond acceptors (Lipinski definition) is 5. The molecule has 0 bridgehead atoms. The maximum atomic E-state index is 13.1. The molecule has 0 saturated carbocycles. The van der Waals surface area contributed by atoms with E-state index >= 15 is 0 Å². The van der Waals surface area contributed by atoms with Crippen LogP contribution in [0.3, 0.4) is 0 Å². The predicted octanol–water partition coefficient (Wildman–Crippen LogP) is 4.28. The summed E-state index contributed by atoms with van der Waals surface area (Å²) < 4.78 is 6.03. The molecule has 150 valence electrons. The van der Waals surface area contributed by atoms with Crippen molar-refractivity contribution in [2.75, 3.05) is 6.61 Å². The monoisotopic (exact) mass is 512 g/mol. The molecule has 1 heterocycles. The van der Waals surface area contributed by atoms with E-state index in [1.165, 1.54) is 17.3 Å². The molecule has 1 aliphatic carbocycles. The molecular weight excluding hydrogens is 495 g/mol. The van der Waals surface area contributed by atoms with Gasteiger partial charge in [0.2, 0.25) is 0 Å². The van der Waals surface area contributed by atoms with Crippen LogP contribution in [-0.2, 0) is 12.8 Å². The smallest absolute Gasteiger partial charge is 0.282 e. The lowest BCUT2D eigenvalue weighted by molar-refractivity contribution is 0.0616. The molecule has 2 amide bonds. The summed E-state index contributed by atoms with van der Waals surface area (Å²) >= 11 is 1.99. The van der Waals surface area contributed by atoms with Crippen molar-refractivity contribution in [3.05, 3.63) is 67.8 Å². The largest absolute Gasteiger partial charge is 0.504 e. The van der Waals surface area contributed by atoms with Crippen LogP contribution in [-0.4, -0.2) is 34.8 Å². The first-order chi connectivity index (χ1) is 14.5. The van der Waals surface area contributed by atoms with Gasteiger partial charge < -0.3 is 9.84 Å². The molecule has 1 N–H and O–H groups in total. The van der Waals surface area contributed by atoms with Crippen molar-refractivity contribution in [2.45, 2.75) is 19.8 Å². The first-order valence-electron chi connectivity index (χ1n) is 9.65. The van der Waals surface area contributed by atoms with Gasteiger partial charge in [-0.25, -0.2) is 0 Å². The highest BCUT2D eigenvalue weighted by atomic mass is 127. The van der Waals surface area contributed by atoms with Gasteiger partial charge in [-0.2, -0.15) is 10.1 Å². The normalized spacial score (nSPS) is 14.9. The Morgan fingerprint density at radius 2 is 1.70 bits per heavy atom. The highest BCUT2D eigenvalue weighted by Crippen LogP contribution is 2.38. The third kappa shape index (κ3) is 2.79. The predicted molar refractivity (Wildman–Crippen MR) is 121 cm³/mol. The van der Waals surface area contributed by atoms with Crippen LogP contribution in [0.25, 0.3) is 10.8 Å². The van der Waals surface area contributed by atoms with Gasteiger partial charge in [-0.1, -0.05) is 12.1 Å². The fourth-order valence-electron chi connectivity index (χ4n) is 4.17. The van der Waals surface area contributed by atoms with Crippen LogP contribution in [0.15, 0.2) is 41.5 Å². The van der Waals surface area contributed by atoms with Crippen molar-refractivity contribution < 1.29 is 19.4 Å². The van der Waals surface area contributed by atoms with E-state index in [0.717, 1.165) is 28.6 Å². The number of carbonyl (C=O) groups excluding carboxylic acids is 2. The highest BCUT2D eigenvalue weighted by Gasteiger charge is 2.35. The molecule has 1 aliphatic heterocycles. The summed E-state index contributed by atoms with van der Waals surface area (Å²) in [4.78, 5) is 26.2. The average molecular weight is 512 g/mol. The first-order valence-corrected chi connectivity index (χ1v) is 10.7. The van der Waals surface area contributed by atoms with Crippen LogP contribution >= 0.6 is 22.6 Å². The van der Waals surface area contributed by atoms with E-state index < -0.39 is 11.8 Å². The number of phenols is 1. The number of nitrogens with zero attached hydrogens (tertiary/aromatic N) is 2. The molecule has 0 saturated heterocycles. The second-order valence-electron chi connectivity index (χ2n) is 7.24. The SMILES string of the molecule is CCOc1cc(/C=N\N2C(=O)c3ccc4c5c(ccc(c35)C2=O)CC4)cc(I)c1O. The standard InChI is InChI=1S/C23H17IN2O4/c1-2-30-18-10-12(9-17(24)21(18)27)11-25-26-22(28)15-7-5-13-3-4-14-6-8-16(23(26)29)20(15)19(13)14/h5-11,27H,2-4H2,1H3/b25-11-. The van der Waals surface area contributed by atoms with Crippen molar-refractivity contribution in [3.8, 4) is 11.5 Å². The minimum Gasteiger partial charge on any atom is -0.504 e. The molecule has 7 heteroatoms. The van der Waals surface area contributed by atoms with E-state index in [-0.39, 0.29) is 5.75 Å². The number of aromatic hydroxyl groups is 1. The number of phenolic OH excluding ortho intramolecular Hbond substituents is 1. The molecule has 3 aromatic rings. The number of amides is 2. The highest BCUT2D eigenvalue weighted by molar-refractivity contribution is 14.1. The molecule has 0 atom stereocenters. The zero-order chi connectivity index (χ0) is 21.0. The summed E-state index contributed by atoms with van der Waals surface area (Å²) in [5.74, 6) is -0.483. The summed E-state index contributed by atoms with van der Waals surface area (Å²) in [5.41, 5.74) is 3.98. The number of hydrazone groups is 1. The number of ether oxygens (including phenoxy) is 1. The topological polar surface area (TPSA) is 79.2 Å². The Balaban J connectivity index is 1.56. The minimum absolute atomic E-state index is 0.0532. The molecule has 30 heavy (non-hydrogen) atoms. The van der Waals surface area contributed by atoms with Gasteiger partial charge >= 0.3 is 0 Å². The summed E-state index contributed by atoms with van der Waals surface area (Å²) in [6.45, 7) is 2.22. The second kappa shape index (κ2) is 7.09. The van der Waals surface area contributed by atoms with E-state index in [1.807, 2.05) is 41.6 Å². The van der Waals surface area contributed by atoms with Crippen LogP contribution in [0.1, 0.15) is 44.3 Å². The number of rotatable bonds is 4. The summed E-state index contributed by atoms with van der Waals surface area (Å²) in [5, 5.41) is 17.0. The Morgan fingerprint density at radius 3 is 2.30 bits per heavy atom. The van der Waals surface area contributed by atoms with Crippen molar-refractivity contribution in [1.82, 2.24) is 5.01 Å². The van der Waals surface area contributed by atoms with E-state index in [0.29, 0.717) is 32.6 Å². The van der Waals surface area contributed by atoms with E-state index in [4.69, 9.17) is 4.74 Å². The number of aryl methyl sites for hydroxylation is 2. The van der Waals surface area contributed by atoms with E-state index in [9.17, 15) is 14.7 Å². The second-order valence-corrected chi connectivity index (χ2v) is 8.41. The molecule has 0 spiro atoms. The van der Waals surface area contributed by atoms with Crippen molar-refractivity contribution in [3.63, 3.8) is 0 Å². The molecule has 0 radical (unpaired) electrons. The van der Waals surface area contributed by atoms with Crippen LogP contribution in [0.4, 0.5) is 0 Å². The Morgan fingerprint density at radius 1 is 1.07 bits per heavy atom. The maximum absolute atomic E-state index is 13.1. The first kappa shape index (κ1) is 19.0. The fraction of sp³-hybridized carbons (Fsp3) is 0.174.